The molecule has 0 saturated heterocycles. The number of hydrogen-bond donors (Lipinski definition) is 1. The van der Waals surface area contributed by atoms with E-state index < -0.39 is 5.60 Å². The molecule has 1 heteroatoms. The summed E-state index contributed by atoms with van der Waals surface area (Å²) in [6, 6.07) is 0. The lowest BCUT2D eigenvalue weighted by atomic mass is 9.98. The van der Waals surface area contributed by atoms with Crippen molar-refractivity contribution in [1.82, 2.24) is 0 Å². The molecular formula is C13H22O. The van der Waals surface area contributed by atoms with E-state index in [4.69, 9.17) is 6.42 Å². The van der Waals surface area contributed by atoms with Gasteiger partial charge in [-0.15, -0.1) is 6.42 Å². The molecule has 0 radical (unpaired) electrons. The molecule has 0 aliphatic carbocycles. The smallest absolute Gasteiger partial charge is 0.122 e. The maximum absolute atomic E-state index is 9.55. The molecule has 1 N–H and O–H groups in total. The lowest BCUT2D eigenvalue weighted by Crippen LogP contribution is -2.20. The highest BCUT2D eigenvalue weighted by Gasteiger charge is 2.14. The first kappa shape index (κ1) is 13.3. The number of terminal acetylenes is 1. The van der Waals surface area contributed by atoms with Crippen molar-refractivity contribution in [2.75, 3.05) is 0 Å². The van der Waals surface area contributed by atoms with E-state index in [0.29, 0.717) is 12.3 Å². The Bertz CT molecular complexity index is 228. The molecule has 0 aromatic carbocycles. The SMILES string of the molecule is C#CC(C)(O)CCC=C(C)CC(C)C. The van der Waals surface area contributed by atoms with E-state index in [1.165, 1.54) is 5.57 Å². The Balaban J connectivity index is 3.89. The number of hydrogen-bond acceptors (Lipinski definition) is 1. The Hall–Kier alpha value is -0.740. The van der Waals surface area contributed by atoms with Gasteiger partial charge in [0.1, 0.15) is 5.60 Å². The van der Waals surface area contributed by atoms with Gasteiger partial charge in [-0.05, 0) is 39.0 Å². The fourth-order valence-corrected chi connectivity index (χ4v) is 1.40. The van der Waals surface area contributed by atoms with Crippen LogP contribution < -0.4 is 0 Å². The highest BCUT2D eigenvalue weighted by molar-refractivity contribution is 5.06. The monoisotopic (exact) mass is 194 g/mol. The van der Waals surface area contributed by atoms with Gasteiger partial charge in [0, 0.05) is 0 Å². The Morgan fingerprint density at radius 2 is 2.14 bits per heavy atom. The van der Waals surface area contributed by atoms with Crippen molar-refractivity contribution in [3.05, 3.63) is 11.6 Å². The minimum atomic E-state index is -0.950. The van der Waals surface area contributed by atoms with Crippen LogP contribution in [0.25, 0.3) is 0 Å². The van der Waals surface area contributed by atoms with Crippen molar-refractivity contribution in [2.45, 2.75) is 52.6 Å². The molecule has 0 aromatic rings. The zero-order valence-corrected chi connectivity index (χ0v) is 9.80. The maximum Gasteiger partial charge on any atom is 0.122 e. The van der Waals surface area contributed by atoms with Crippen LogP contribution in [0.1, 0.15) is 47.0 Å². The third-order valence-corrected chi connectivity index (χ3v) is 2.17. The highest BCUT2D eigenvalue weighted by Crippen LogP contribution is 2.15. The molecule has 0 spiro atoms. The van der Waals surface area contributed by atoms with Crippen molar-refractivity contribution in [1.29, 1.82) is 0 Å². The quantitative estimate of drug-likeness (QED) is 0.526. The first-order chi connectivity index (χ1) is 6.37. The molecular weight excluding hydrogens is 172 g/mol. The molecule has 0 saturated carbocycles. The fraction of sp³-hybridized carbons (Fsp3) is 0.692. The minimum absolute atomic E-state index is 0.638. The van der Waals surface area contributed by atoms with Gasteiger partial charge < -0.3 is 5.11 Å². The molecule has 0 aromatic heterocycles. The van der Waals surface area contributed by atoms with Crippen LogP contribution in [0.3, 0.4) is 0 Å². The lowest BCUT2D eigenvalue weighted by molar-refractivity contribution is 0.113. The third kappa shape index (κ3) is 6.74. The molecule has 0 heterocycles. The summed E-state index contributed by atoms with van der Waals surface area (Å²) in [6.45, 7) is 8.22. The van der Waals surface area contributed by atoms with E-state index in [2.05, 4.69) is 32.8 Å². The van der Waals surface area contributed by atoms with Crippen LogP contribution in [-0.2, 0) is 0 Å². The summed E-state index contributed by atoms with van der Waals surface area (Å²) in [5.74, 6) is 3.08. The van der Waals surface area contributed by atoms with E-state index in [9.17, 15) is 5.11 Å². The fourth-order valence-electron chi connectivity index (χ4n) is 1.40. The Morgan fingerprint density at radius 3 is 2.57 bits per heavy atom. The molecule has 1 atom stereocenters. The first-order valence-electron chi connectivity index (χ1n) is 5.23. The Kier molecular flexibility index (Phi) is 5.57. The van der Waals surface area contributed by atoms with E-state index >= 15 is 0 Å². The summed E-state index contributed by atoms with van der Waals surface area (Å²) in [6.07, 6.45) is 9.97. The largest absolute Gasteiger partial charge is 0.378 e. The normalized spacial score (nSPS) is 16.5. The van der Waals surface area contributed by atoms with E-state index in [-0.39, 0.29) is 0 Å². The van der Waals surface area contributed by atoms with Gasteiger partial charge >= 0.3 is 0 Å². The standard InChI is InChI=1S/C13H22O/c1-6-13(5,14)9-7-8-12(4)10-11(2)3/h1,8,11,14H,7,9-10H2,2-5H3. The van der Waals surface area contributed by atoms with Gasteiger partial charge in [0.15, 0.2) is 0 Å². The van der Waals surface area contributed by atoms with E-state index in [0.717, 1.165) is 12.8 Å². The predicted molar refractivity (Wildman–Crippen MR) is 61.9 cm³/mol. The van der Waals surface area contributed by atoms with Crippen molar-refractivity contribution in [3.8, 4) is 12.3 Å². The Labute approximate surface area is 88.2 Å². The van der Waals surface area contributed by atoms with Crippen LogP contribution in [0.4, 0.5) is 0 Å². The van der Waals surface area contributed by atoms with Crippen LogP contribution in [0, 0.1) is 18.3 Å². The zero-order chi connectivity index (χ0) is 11.2. The molecule has 1 nitrogen and oxygen atoms in total. The maximum atomic E-state index is 9.55. The molecule has 80 valence electrons. The molecule has 0 bridgehead atoms. The second-order valence-electron chi connectivity index (χ2n) is 4.61. The van der Waals surface area contributed by atoms with Crippen LogP contribution in [-0.4, -0.2) is 10.7 Å². The highest BCUT2D eigenvalue weighted by atomic mass is 16.3. The van der Waals surface area contributed by atoms with E-state index in [1.807, 2.05) is 0 Å². The third-order valence-electron chi connectivity index (χ3n) is 2.17. The molecule has 14 heavy (non-hydrogen) atoms. The molecule has 0 fully saturated rings. The van der Waals surface area contributed by atoms with Gasteiger partial charge in [-0.2, -0.15) is 0 Å². The van der Waals surface area contributed by atoms with E-state index in [1.54, 1.807) is 6.92 Å². The number of aliphatic hydroxyl groups is 1. The number of rotatable bonds is 5. The second-order valence-corrected chi connectivity index (χ2v) is 4.61. The van der Waals surface area contributed by atoms with Gasteiger partial charge in [0.25, 0.3) is 0 Å². The summed E-state index contributed by atoms with van der Waals surface area (Å²) in [5, 5.41) is 9.55. The summed E-state index contributed by atoms with van der Waals surface area (Å²) >= 11 is 0. The lowest BCUT2D eigenvalue weighted by Gasteiger charge is -2.14. The molecule has 0 rings (SSSR count). The van der Waals surface area contributed by atoms with Crippen molar-refractivity contribution < 1.29 is 5.11 Å². The Morgan fingerprint density at radius 1 is 1.57 bits per heavy atom. The van der Waals surface area contributed by atoms with Crippen LogP contribution in [0.15, 0.2) is 11.6 Å². The summed E-state index contributed by atoms with van der Waals surface area (Å²) in [7, 11) is 0. The van der Waals surface area contributed by atoms with Gasteiger partial charge in [-0.3, -0.25) is 0 Å². The average Bonchev–Trinajstić information content (AvgIpc) is 2.02. The average molecular weight is 194 g/mol. The molecule has 0 aliphatic rings. The molecule has 1 unspecified atom stereocenters. The zero-order valence-electron chi connectivity index (χ0n) is 9.80. The van der Waals surface area contributed by atoms with Crippen LogP contribution in [0.2, 0.25) is 0 Å². The number of allylic oxidation sites excluding steroid dienone is 2. The van der Waals surface area contributed by atoms with Gasteiger partial charge in [-0.25, -0.2) is 0 Å². The predicted octanol–water partition coefficient (Wildman–Crippen LogP) is 3.14. The summed E-state index contributed by atoms with van der Waals surface area (Å²) < 4.78 is 0. The van der Waals surface area contributed by atoms with Crippen LogP contribution >= 0.6 is 0 Å². The van der Waals surface area contributed by atoms with Gasteiger partial charge in [-0.1, -0.05) is 31.4 Å². The van der Waals surface area contributed by atoms with Gasteiger partial charge in [0.05, 0.1) is 0 Å². The van der Waals surface area contributed by atoms with Gasteiger partial charge in [0.2, 0.25) is 0 Å². The molecule has 0 amide bonds. The summed E-state index contributed by atoms with van der Waals surface area (Å²) in [5.41, 5.74) is 0.432. The second kappa shape index (κ2) is 5.88. The van der Waals surface area contributed by atoms with Crippen molar-refractivity contribution in [3.63, 3.8) is 0 Å². The summed E-state index contributed by atoms with van der Waals surface area (Å²) in [4.78, 5) is 0. The van der Waals surface area contributed by atoms with Crippen molar-refractivity contribution in [2.24, 2.45) is 5.92 Å². The van der Waals surface area contributed by atoms with Crippen LogP contribution in [0.5, 0.6) is 0 Å². The topological polar surface area (TPSA) is 20.2 Å². The minimum Gasteiger partial charge on any atom is -0.378 e. The van der Waals surface area contributed by atoms with Crippen molar-refractivity contribution >= 4 is 0 Å². The first-order valence-corrected chi connectivity index (χ1v) is 5.23. The molecule has 0 aliphatic heterocycles.